The first-order valence-electron chi connectivity index (χ1n) is 10.2. The Hall–Kier alpha value is -3.08. The number of carbonyl (C=O) groups excluding carboxylic acids is 2. The number of ether oxygens (including phenoxy) is 1. The van der Waals surface area contributed by atoms with Crippen LogP contribution in [0.4, 0.5) is 16.5 Å². The number of esters is 1. The van der Waals surface area contributed by atoms with Crippen molar-refractivity contribution in [2.45, 2.75) is 47.1 Å². The highest BCUT2D eigenvalue weighted by Crippen LogP contribution is 2.27. The van der Waals surface area contributed by atoms with Gasteiger partial charge in [-0.3, -0.25) is 19.1 Å². The Morgan fingerprint density at radius 3 is 2.61 bits per heavy atom. The van der Waals surface area contributed by atoms with Crippen LogP contribution in [-0.2, 0) is 16.1 Å². The minimum atomic E-state index is -0.638. The molecule has 0 fully saturated rings. The first-order chi connectivity index (χ1) is 14.7. The maximum absolute atomic E-state index is 12.6. The summed E-state index contributed by atoms with van der Waals surface area (Å²) >= 11 is 1.12. The molecule has 10 nitrogen and oxygen atoms in total. The maximum Gasteiger partial charge on any atom is 0.348 e. The highest BCUT2D eigenvalue weighted by Gasteiger charge is 2.21. The Labute approximate surface area is 184 Å². The second-order valence-corrected chi connectivity index (χ2v) is 7.96. The number of thiophene rings is 1. The van der Waals surface area contributed by atoms with Crippen LogP contribution in [-0.4, -0.2) is 41.1 Å². The van der Waals surface area contributed by atoms with Gasteiger partial charge in [-0.15, -0.1) is 11.3 Å². The van der Waals surface area contributed by atoms with Gasteiger partial charge in [0, 0.05) is 13.1 Å². The molecule has 11 heteroatoms. The minimum absolute atomic E-state index is 0.0356. The fraction of sp³-hybridized carbons (Fsp3) is 0.500. The zero-order valence-corrected chi connectivity index (χ0v) is 19.1. The summed E-state index contributed by atoms with van der Waals surface area (Å²) in [6.07, 6.45) is 1.58. The largest absolute Gasteiger partial charge is 0.462 e. The van der Waals surface area contributed by atoms with Gasteiger partial charge in [0.05, 0.1) is 18.2 Å². The molecule has 4 N–H and O–H groups in total. The number of nitrogens with two attached hydrogens (primary N) is 1. The van der Waals surface area contributed by atoms with E-state index in [9.17, 15) is 19.2 Å². The van der Waals surface area contributed by atoms with Crippen molar-refractivity contribution in [3.05, 3.63) is 37.3 Å². The molecule has 0 unspecified atom stereocenters. The van der Waals surface area contributed by atoms with Gasteiger partial charge in [0.15, 0.2) is 0 Å². The van der Waals surface area contributed by atoms with E-state index in [4.69, 9.17) is 10.5 Å². The van der Waals surface area contributed by atoms with E-state index < -0.39 is 17.2 Å². The third kappa shape index (κ3) is 5.75. The number of nitrogens with one attached hydrogen (secondary N) is 2. The van der Waals surface area contributed by atoms with E-state index in [0.717, 1.165) is 24.2 Å². The Morgan fingerprint density at radius 1 is 1.29 bits per heavy atom. The van der Waals surface area contributed by atoms with Crippen molar-refractivity contribution < 1.29 is 14.3 Å². The third-order valence-corrected chi connectivity index (χ3v) is 5.76. The molecule has 0 spiro atoms. The predicted octanol–water partition coefficient (Wildman–Crippen LogP) is 1.93. The van der Waals surface area contributed by atoms with Crippen LogP contribution in [0.15, 0.2) is 15.7 Å². The van der Waals surface area contributed by atoms with E-state index in [2.05, 4.69) is 10.3 Å². The molecular formula is C20H29N5O5S. The quantitative estimate of drug-likeness (QED) is 0.469. The Bertz CT molecular complexity index is 1060. The van der Waals surface area contributed by atoms with Crippen LogP contribution >= 0.6 is 11.3 Å². The van der Waals surface area contributed by atoms with Crippen molar-refractivity contribution in [2.75, 3.05) is 35.6 Å². The van der Waals surface area contributed by atoms with Crippen molar-refractivity contribution in [2.24, 2.45) is 0 Å². The number of carbonyl (C=O) groups is 2. The maximum atomic E-state index is 12.6. The molecule has 0 aliphatic heterocycles. The number of H-pyrrole nitrogens is 1. The van der Waals surface area contributed by atoms with Gasteiger partial charge >= 0.3 is 11.7 Å². The SMILES string of the molecule is CCCCn1c(N)c(N(CC)CC(=O)Nc2cc(C)c(C(=O)OCC)s2)c(=O)[nH]c1=O. The highest BCUT2D eigenvalue weighted by atomic mass is 32.1. The summed E-state index contributed by atoms with van der Waals surface area (Å²) in [5.41, 5.74) is 5.72. The first-order valence-corrected chi connectivity index (χ1v) is 11.0. The highest BCUT2D eigenvalue weighted by molar-refractivity contribution is 7.18. The summed E-state index contributed by atoms with van der Waals surface area (Å²) in [5.74, 6) is -0.786. The molecule has 2 aromatic rings. The average molecular weight is 452 g/mol. The summed E-state index contributed by atoms with van der Waals surface area (Å²) in [6, 6.07) is 1.69. The average Bonchev–Trinajstić information content (AvgIpc) is 3.06. The Morgan fingerprint density at radius 2 is 2.00 bits per heavy atom. The molecule has 0 radical (unpaired) electrons. The minimum Gasteiger partial charge on any atom is -0.462 e. The number of hydrogen-bond donors (Lipinski definition) is 3. The predicted molar refractivity (Wildman–Crippen MR) is 122 cm³/mol. The van der Waals surface area contributed by atoms with Gasteiger partial charge in [-0.05, 0) is 38.8 Å². The normalized spacial score (nSPS) is 10.7. The van der Waals surface area contributed by atoms with Crippen molar-refractivity contribution in [3.63, 3.8) is 0 Å². The lowest BCUT2D eigenvalue weighted by Crippen LogP contribution is -2.41. The number of hydrogen-bond acceptors (Lipinski definition) is 8. The van der Waals surface area contributed by atoms with Crippen LogP contribution in [0.3, 0.4) is 0 Å². The molecule has 170 valence electrons. The van der Waals surface area contributed by atoms with Crippen molar-refractivity contribution in [3.8, 4) is 0 Å². The molecule has 0 aromatic carbocycles. The van der Waals surface area contributed by atoms with Crippen LogP contribution in [0, 0.1) is 6.92 Å². The van der Waals surface area contributed by atoms with Crippen molar-refractivity contribution in [1.29, 1.82) is 0 Å². The molecule has 0 aliphatic carbocycles. The molecule has 31 heavy (non-hydrogen) atoms. The van der Waals surface area contributed by atoms with Gasteiger partial charge in [-0.1, -0.05) is 13.3 Å². The van der Waals surface area contributed by atoms with E-state index in [1.54, 1.807) is 26.8 Å². The lowest BCUT2D eigenvalue weighted by molar-refractivity contribution is -0.114. The topological polar surface area (TPSA) is 140 Å². The van der Waals surface area contributed by atoms with Crippen LogP contribution in [0.25, 0.3) is 0 Å². The lowest BCUT2D eigenvalue weighted by atomic mass is 10.3. The van der Waals surface area contributed by atoms with Crippen LogP contribution in [0.5, 0.6) is 0 Å². The summed E-state index contributed by atoms with van der Waals surface area (Å²) < 4.78 is 6.33. The van der Waals surface area contributed by atoms with Crippen LogP contribution in [0.2, 0.25) is 0 Å². The van der Waals surface area contributed by atoms with Gasteiger partial charge in [-0.25, -0.2) is 9.59 Å². The van der Waals surface area contributed by atoms with Gasteiger partial charge < -0.3 is 20.7 Å². The number of aromatic nitrogens is 2. The van der Waals surface area contributed by atoms with E-state index in [-0.39, 0.29) is 30.6 Å². The molecule has 0 atom stereocenters. The van der Waals surface area contributed by atoms with E-state index in [0.29, 0.717) is 28.5 Å². The number of likely N-dealkylation sites (N-methyl/N-ethyl adjacent to an activating group) is 1. The lowest BCUT2D eigenvalue weighted by Gasteiger charge is -2.24. The Kier molecular flexibility index (Phi) is 8.43. The molecule has 2 heterocycles. The second kappa shape index (κ2) is 10.8. The molecule has 2 rings (SSSR count). The smallest absolute Gasteiger partial charge is 0.348 e. The third-order valence-electron chi connectivity index (χ3n) is 4.62. The first kappa shape index (κ1) is 24.2. The fourth-order valence-electron chi connectivity index (χ4n) is 3.06. The zero-order valence-electron chi connectivity index (χ0n) is 18.2. The summed E-state index contributed by atoms with van der Waals surface area (Å²) in [6.45, 7) is 8.06. The van der Waals surface area contributed by atoms with Gasteiger partial charge in [0.2, 0.25) is 5.91 Å². The fourth-order valence-corrected chi connectivity index (χ4v) is 4.05. The van der Waals surface area contributed by atoms with E-state index >= 15 is 0 Å². The summed E-state index contributed by atoms with van der Waals surface area (Å²) in [5, 5.41) is 3.24. The molecular weight excluding hydrogens is 422 g/mol. The zero-order chi connectivity index (χ0) is 23.1. The number of aromatic amines is 1. The molecule has 0 saturated heterocycles. The summed E-state index contributed by atoms with van der Waals surface area (Å²) in [7, 11) is 0. The van der Waals surface area contributed by atoms with Crippen molar-refractivity contribution >= 4 is 39.7 Å². The number of nitrogens with zero attached hydrogens (tertiary/aromatic N) is 2. The monoisotopic (exact) mass is 451 g/mol. The number of aryl methyl sites for hydroxylation is 1. The number of anilines is 3. The van der Waals surface area contributed by atoms with Gasteiger partial charge in [0.25, 0.3) is 5.56 Å². The van der Waals surface area contributed by atoms with Crippen LogP contribution < -0.4 is 27.2 Å². The molecule has 1 amide bonds. The number of rotatable bonds is 10. The van der Waals surface area contributed by atoms with Gasteiger partial charge in [-0.2, -0.15) is 0 Å². The number of unbranched alkanes of at least 4 members (excludes halogenated alkanes) is 1. The van der Waals surface area contributed by atoms with E-state index in [1.165, 1.54) is 9.47 Å². The summed E-state index contributed by atoms with van der Waals surface area (Å²) in [4.78, 5) is 53.4. The number of nitrogen functional groups attached to an aromatic ring is 1. The molecule has 2 aromatic heterocycles. The second-order valence-electron chi connectivity index (χ2n) is 6.90. The number of amides is 1. The molecule has 0 aliphatic rings. The van der Waals surface area contributed by atoms with Gasteiger partial charge in [0.1, 0.15) is 16.4 Å². The standard InChI is InChI=1S/C20H29N5O5S/c1-5-8-9-25-17(21)15(18(27)23-20(25)29)24(6-2)11-13(26)22-14-10-12(4)16(31-14)19(28)30-7-3/h10H,5-9,11,21H2,1-4H3,(H,22,26)(H,23,27,29). The Balaban J connectivity index is 2.23. The van der Waals surface area contributed by atoms with E-state index in [1.807, 2.05) is 6.92 Å². The van der Waals surface area contributed by atoms with Crippen LogP contribution in [0.1, 0.15) is 48.8 Å². The molecule has 0 bridgehead atoms. The van der Waals surface area contributed by atoms with Crippen molar-refractivity contribution in [1.82, 2.24) is 9.55 Å². The molecule has 0 saturated carbocycles.